The highest BCUT2D eigenvalue weighted by Gasteiger charge is 2.20. The standard InChI is InChI=1S/C18H28N2/c1-20(13-15-5-4-6-15)14-17-8-3-2-7-16(17)11-12-19-18-9-10-18/h2-3,7-8,15,18-19H,4-6,9-14H2,1H3. The van der Waals surface area contributed by atoms with Gasteiger partial charge in [-0.15, -0.1) is 0 Å². The average Bonchev–Trinajstić information content (AvgIpc) is 3.20. The molecule has 2 aliphatic carbocycles. The van der Waals surface area contributed by atoms with Crippen molar-refractivity contribution in [2.45, 2.75) is 51.1 Å². The highest BCUT2D eigenvalue weighted by molar-refractivity contribution is 5.27. The first kappa shape index (κ1) is 14.1. The van der Waals surface area contributed by atoms with Crippen molar-refractivity contribution in [2.75, 3.05) is 20.1 Å². The van der Waals surface area contributed by atoms with Crippen LogP contribution in [0, 0.1) is 5.92 Å². The van der Waals surface area contributed by atoms with Gasteiger partial charge in [0.15, 0.2) is 0 Å². The molecule has 1 aromatic rings. The van der Waals surface area contributed by atoms with Crippen LogP contribution in [-0.2, 0) is 13.0 Å². The Labute approximate surface area is 123 Å². The van der Waals surface area contributed by atoms with Crippen LogP contribution in [0.4, 0.5) is 0 Å². The Morgan fingerprint density at radius 3 is 2.50 bits per heavy atom. The van der Waals surface area contributed by atoms with Crippen LogP contribution in [0.25, 0.3) is 0 Å². The van der Waals surface area contributed by atoms with Gasteiger partial charge in [0.25, 0.3) is 0 Å². The summed E-state index contributed by atoms with van der Waals surface area (Å²) in [5, 5.41) is 3.62. The third kappa shape index (κ3) is 4.07. The molecular formula is C18H28N2. The Morgan fingerprint density at radius 1 is 1.10 bits per heavy atom. The molecule has 2 nitrogen and oxygen atoms in total. The quantitative estimate of drug-likeness (QED) is 0.782. The van der Waals surface area contributed by atoms with Gasteiger partial charge in [-0.1, -0.05) is 30.7 Å². The van der Waals surface area contributed by atoms with Gasteiger partial charge < -0.3 is 10.2 Å². The van der Waals surface area contributed by atoms with Crippen LogP contribution < -0.4 is 5.32 Å². The number of hydrogen-bond donors (Lipinski definition) is 1. The van der Waals surface area contributed by atoms with Gasteiger partial charge in [0.2, 0.25) is 0 Å². The fourth-order valence-corrected chi connectivity index (χ4v) is 3.13. The Hall–Kier alpha value is -0.860. The van der Waals surface area contributed by atoms with E-state index in [1.165, 1.54) is 56.2 Å². The van der Waals surface area contributed by atoms with Crippen molar-refractivity contribution < 1.29 is 0 Å². The Kier molecular flexibility index (Phi) is 4.74. The summed E-state index contributed by atoms with van der Waals surface area (Å²) in [5.41, 5.74) is 3.05. The summed E-state index contributed by atoms with van der Waals surface area (Å²) in [6.45, 7) is 3.51. The smallest absolute Gasteiger partial charge is 0.0233 e. The first-order chi connectivity index (χ1) is 9.81. The van der Waals surface area contributed by atoms with E-state index in [0.717, 1.165) is 25.0 Å². The number of rotatable bonds is 8. The zero-order valence-electron chi connectivity index (χ0n) is 12.8. The summed E-state index contributed by atoms with van der Waals surface area (Å²) in [7, 11) is 2.28. The average molecular weight is 272 g/mol. The minimum atomic E-state index is 0.823. The van der Waals surface area contributed by atoms with Crippen LogP contribution in [0.15, 0.2) is 24.3 Å². The van der Waals surface area contributed by atoms with Crippen LogP contribution in [0.5, 0.6) is 0 Å². The molecule has 0 aliphatic heterocycles. The Bertz CT molecular complexity index is 421. The first-order valence-electron chi connectivity index (χ1n) is 8.30. The largest absolute Gasteiger partial charge is 0.314 e. The van der Waals surface area contributed by atoms with Crippen LogP contribution in [-0.4, -0.2) is 31.1 Å². The van der Waals surface area contributed by atoms with E-state index in [-0.39, 0.29) is 0 Å². The van der Waals surface area contributed by atoms with Crippen LogP contribution in [0.1, 0.15) is 43.2 Å². The number of nitrogens with zero attached hydrogens (tertiary/aromatic N) is 1. The molecule has 0 saturated heterocycles. The zero-order chi connectivity index (χ0) is 13.8. The zero-order valence-corrected chi connectivity index (χ0v) is 12.8. The summed E-state index contributed by atoms with van der Waals surface area (Å²) in [6, 6.07) is 9.81. The van der Waals surface area contributed by atoms with Gasteiger partial charge in [0.1, 0.15) is 0 Å². The molecular weight excluding hydrogens is 244 g/mol. The first-order valence-corrected chi connectivity index (χ1v) is 8.30. The van der Waals surface area contributed by atoms with E-state index < -0.39 is 0 Å². The van der Waals surface area contributed by atoms with E-state index in [9.17, 15) is 0 Å². The minimum absolute atomic E-state index is 0.823. The number of hydrogen-bond acceptors (Lipinski definition) is 2. The van der Waals surface area contributed by atoms with E-state index in [4.69, 9.17) is 0 Å². The highest BCUT2D eigenvalue weighted by atomic mass is 15.1. The highest BCUT2D eigenvalue weighted by Crippen LogP contribution is 2.27. The minimum Gasteiger partial charge on any atom is -0.314 e. The summed E-state index contributed by atoms with van der Waals surface area (Å²) in [5.74, 6) is 0.962. The van der Waals surface area contributed by atoms with Gasteiger partial charge in [0.05, 0.1) is 0 Å². The second kappa shape index (κ2) is 6.73. The topological polar surface area (TPSA) is 15.3 Å². The maximum absolute atomic E-state index is 3.62. The maximum Gasteiger partial charge on any atom is 0.0233 e. The molecule has 0 heterocycles. The van der Waals surface area contributed by atoms with Crippen molar-refractivity contribution in [3.05, 3.63) is 35.4 Å². The SMILES string of the molecule is CN(Cc1ccccc1CCNC1CC1)CC1CCC1. The summed E-state index contributed by atoms with van der Waals surface area (Å²) in [6.07, 6.45) is 8.26. The van der Waals surface area contributed by atoms with Crippen molar-refractivity contribution >= 4 is 0 Å². The van der Waals surface area contributed by atoms with Gasteiger partial charge in [-0.05, 0) is 62.7 Å². The van der Waals surface area contributed by atoms with E-state index in [0.29, 0.717) is 0 Å². The Balaban J connectivity index is 1.50. The molecule has 2 saturated carbocycles. The lowest BCUT2D eigenvalue weighted by Crippen LogP contribution is -2.29. The van der Waals surface area contributed by atoms with Crippen LogP contribution in [0.3, 0.4) is 0 Å². The maximum atomic E-state index is 3.62. The summed E-state index contributed by atoms with van der Waals surface area (Å²) < 4.78 is 0. The predicted octanol–water partition coefficient (Wildman–Crippen LogP) is 3.21. The molecule has 0 unspecified atom stereocenters. The van der Waals surface area contributed by atoms with Crippen molar-refractivity contribution in [2.24, 2.45) is 5.92 Å². The molecule has 0 aromatic heterocycles. The van der Waals surface area contributed by atoms with Gasteiger partial charge in [-0.25, -0.2) is 0 Å². The molecule has 1 N–H and O–H groups in total. The third-order valence-corrected chi connectivity index (χ3v) is 4.76. The molecule has 20 heavy (non-hydrogen) atoms. The molecule has 0 atom stereocenters. The normalized spacial score (nSPS) is 19.3. The lowest BCUT2D eigenvalue weighted by atomic mass is 9.85. The van der Waals surface area contributed by atoms with Crippen molar-refractivity contribution in [1.29, 1.82) is 0 Å². The molecule has 1 aromatic carbocycles. The van der Waals surface area contributed by atoms with Crippen molar-refractivity contribution in [3.63, 3.8) is 0 Å². The van der Waals surface area contributed by atoms with Crippen LogP contribution in [0.2, 0.25) is 0 Å². The molecule has 0 bridgehead atoms. The molecule has 0 amide bonds. The van der Waals surface area contributed by atoms with E-state index in [1.807, 2.05) is 0 Å². The van der Waals surface area contributed by atoms with Gasteiger partial charge >= 0.3 is 0 Å². The fourth-order valence-electron chi connectivity index (χ4n) is 3.13. The third-order valence-electron chi connectivity index (χ3n) is 4.76. The number of nitrogens with one attached hydrogen (secondary N) is 1. The molecule has 110 valence electrons. The molecule has 2 fully saturated rings. The lowest BCUT2D eigenvalue weighted by molar-refractivity contribution is 0.200. The van der Waals surface area contributed by atoms with E-state index in [2.05, 4.69) is 41.5 Å². The molecule has 0 spiro atoms. The molecule has 2 heteroatoms. The Morgan fingerprint density at radius 2 is 1.85 bits per heavy atom. The monoisotopic (exact) mass is 272 g/mol. The van der Waals surface area contributed by atoms with Gasteiger partial charge in [0, 0.05) is 19.1 Å². The number of benzene rings is 1. The van der Waals surface area contributed by atoms with Crippen molar-refractivity contribution in [1.82, 2.24) is 10.2 Å². The predicted molar refractivity (Wildman–Crippen MR) is 84.8 cm³/mol. The second-order valence-electron chi connectivity index (χ2n) is 6.74. The second-order valence-corrected chi connectivity index (χ2v) is 6.74. The van der Waals surface area contributed by atoms with Gasteiger partial charge in [-0.3, -0.25) is 0 Å². The van der Waals surface area contributed by atoms with Gasteiger partial charge in [-0.2, -0.15) is 0 Å². The fraction of sp³-hybridized carbons (Fsp3) is 0.667. The lowest BCUT2D eigenvalue weighted by Gasteiger charge is -2.30. The molecule has 0 radical (unpaired) electrons. The molecule has 3 rings (SSSR count). The van der Waals surface area contributed by atoms with Crippen LogP contribution >= 0.6 is 0 Å². The summed E-state index contributed by atoms with van der Waals surface area (Å²) >= 11 is 0. The van der Waals surface area contributed by atoms with Crippen molar-refractivity contribution in [3.8, 4) is 0 Å². The van der Waals surface area contributed by atoms with E-state index in [1.54, 1.807) is 0 Å². The summed E-state index contributed by atoms with van der Waals surface area (Å²) in [4.78, 5) is 2.51. The molecule has 2 aliphatic rings. The van der Waals surface area contributed by atoms with E-state index >= 15 is 0 Å².